The minimum absolute atomic E-state index is 0.641. The molecule has 94 valence electrons. The highest BCUT2D eigenvalue weighted by Gasteiger charge is 2.16. The number of hydrogen-bond acceptors (Lipinski definition) is 2. The van der Waals surface area contributed by atoms with Gasteiger partial charge in [0.15, 0.2) is 0 Å². The molecule has 2 nitrogen and oxygen atoms in total. The van der Waals surface area contributed by atoms with Gasteiger partial charge in [0, 0.05) is 17.4 Å². The Bertz CT molecular complexity index is 373. The van der Waals surface area contributed by atoms with Gasteiger partial charge < -0.3 is 11.1 Å². The van der Waals surface area contributed by atoms with Crippen LogP contribution in [-0.2, 0) is 0 Å². The first kappa shape index (κ1) is 12.3. The lowest BCUT2D eigenvalue weighted by atomic mass is 10.0. The highest BCUT2D eigenvalue weighted by Crippen LogP contribution is 2.26. The molecule has 17 heavy (non-hydrogen) atoms. The van der Waals surface area contributed by atoms with Crippen LogP contribution in [0.2, 0.25) is 0 Å². The number of anilines is 2. The third kappa shape index (κ3) is 3.39. The van der Waals surface area contributed by atoms with Crippen molar-refractivity contribution in [2.45, 2.75) is 52.0 Å². The molecular formula is C15H24N2. The van der Waals surface area contributed by atoms with E-state index in [2.05, 4.69) is 25.2 Å². The van der Waals surface area contributed by atoms with Gasteiger partial charge in [0.05, 0.1) is 0 Å². The lowest BCUT2D eigenvalue weighted by Gasteiger charge is -2.19. The number of nitrogens with two attached hydrogens (primary N) is 1. The van der Waals surface area contributed by atoms with Gasteiger partial charge in [-0.3, -0.25) is 0 Å². The van der Waals surface area contributed by atoms with Crippen LogP contribution in [0.25, 0.3) is 0 Å². The summed E-state index contributed by atoms with van der Waals surface area (Å²) in [6.45, 7) is 4.49. The van der Waals surface area contributed by atoms with E-state index in [4.69, 9.17) is 5.73 Å². The topological polar surface area (TPSA) is 38.0 Å². The molecule has 2 unspecified atom stereocenters. The molecular weight excluding hydrogens is 208 g/mol. The molecule has 0 heterocycles. The van der Waals surface area contributed by atoms with Crippen LogP contribution in [0.5, 0.6) is 0 Å². The van der Waals surface area contributed by atoms with E-state index in [9.17, 15) is 0 Å². The molecule has 0 radical (unpaired) electrons. The summed E-state index contributed by atoms with van der Waals surface area (Å²) in [4.78, 5) is 0. The molecule has 0 amide bonds. The van der Waals surface area contributed by atoms with Crippen LogP contribution in [0.3, 0.4) is 0 Å². The summed E-state index contributed by atoms with van der Waals surface area (Å²) in [7, 11) is 0. The van der Waals surface area contributed by atoms with Crippen LogP contribution >= 0.6 is 0 Å². The first-order valence-corrected chi connectivity index (χ1v) is 6.78. The van der Waals surface area contributed by atoms with E-state index in [1.165, 1.54) is 43.4 Å². The van der Waals surface area contributed by atoms with E-state index in [1.807, 2.05) is 12.1 Å². The summed E-state index contributed by atoms with van der Waals surface area (Å²) < 4.78 is 0. The molecule has 2 atom stereocenters. The number of nitrogens with one attached hydrogen (secondary N) is 1. The average molecular weight is 232 g/mol. The van der Waals surface area contributed by atoms with Gasteiger partial charge in [-0.2, -0.15) is 0 Å². The second-order valence-corrected chi connectivity index (χ2v) is 5.53. The van der Waals surface area contributed by atoms with E-state index in [-0.39, 0.29) is 0 Å². The fourth-order valence-corrected chi connectivity index (χ4v) is 2.70. The number of benzene rings is 1. The fourth-order valence-electron chi connectivity index (χ4n) is 2.70. The van der Waals surface area contributed by atoms with Gasteiger partial charge >= 0.3 is 0 Å². The molecule has 0 spiro atoms. The molecule has 1 aliphatic rings. The van der Waals surface area contributed by atoms with Crippen LogP contribution < -0.4 is 11.1 Å². The maximum Gasteiger partial charge on any atom is 0.0373 e. The number of hydrogen-bond donors (Lipinski definition) is 2. The number of aryl methyl sites for hydroxylation is 1. The van der Waals surface area contributed by atoms with Crippen molar-refractivity contribution in [3.63, 3.8) is 0 Å². The average Bonchev–Trinajstić information content (AvgIpc) is 2.48. The van der Waals surface area contributed by atoms with Crippen molar-refractivity contribution >= 4 is 11.4 Å². The van der Waals surface area contributed by atoms with Gasteiger partial charge in [-0.1, -0.05) is 19.8 Å². The molecule has 1 saturated carbocycles. The quantitative estimate of drug-likeness (QED) is 0.598. The molecule has 1 fully saturated rings. The lowest BCUT2D eigenvalue weighted by Crippen LogP contribution is -2.19. The van der Waals surface area contributed by atoms with Crippen molar-refractivity contribution in [3.05, 3.63) is 23.8 Å². The Balaban J connectivity index is 2.00. The van der Waals surface area contributed by atoms with Crippen LogP contribution in [0.4, 0.5) is 11.4 Å². The highest BCUT2D eigenvalue weighted by molar-refractivity contribution is 5.57. The lowest BCUT2D eigenvalue weighted by molar-refractivity contribution is 0.502. The smallest absolute Gasteiger partial charge is 0.0373 e. The normalized spacial score (nSPS) is 25.3. The van der Waals surface area contributed by atoms with Crippen molar-refractivity contribution in [2.75, 3.05) is 11.1 Å². The van der Waals surface area contributed by atoms with E-state index < -0.39 is 0 Å². The standard InChI is InChI=1S/C15H24N2/c1-11-4-3-5-14(8-6-11)17-15-9-7-13(16)10-12(15)2/h7,9-11,14,17H,3-6,8,16H2,1-2H3. The summed E-state index contributed by atoms with van der Waals surface area (Å²) in [6.07, 6.45) is 6.69. The van der Waals surface area contributed by atoms with Crippen LogP contribution in [0, 0.1) is 12.8 Å². The monoisotopic (exact) mass is 232 g/mol. The molecule has 0 aromatic heterocycles. The van der Waals surface area contributed by atoms with Gasteiger partial charge in [-0.05, 0) is 55.9 Å². The molecule has 2 heteroatoms. The van der Waals surface area contributed by atoms with E-state index in [1.54, 1.807) is 0 Å². The van der Waals surface area contributed by atoms with E-state index >= 15 is 0 Å². The second-order valence-electron chi connectivity index (χ2n) is 5.53. The Morgan fingerprint density at radius 3 is 2.76 bits per heavy atom. The van der Waals surface area contributed by atoms with Gasteiger partial charge in [-0.15, -0.1) is 0 Å². The van der Waals surface area contributed by atoms with Crippen molar-refractivity contribution in [1.29, 1.82) is 0 Å². The molecule has 0 aliphatic heterocycles. The van der Waals surface area contributed by atoms with E-state index in [0.717, 1.165) is 11.6 Å². The maximum atomic E-state index is 5.78. The first-order chi connectivity index (χ1) is 8.15. The fraction of sp³-hybridized carbons (Fsp3) is 0.600. The third-order valence-electron chi connectivity index (χ3n) is 3.87. The van der Waals surface area contributed by atoms with Crippen LogP contribution in [-0.4, -0.2) is 6.04 Å². The zero-order chi connectivity index (χ0) is 12.3. The summed E-state index contributed by atoms with van der Waals surface area (Å²) >= 11 is 0. The van der Waals surface area contributed by atoms with Crippen molar-refractivity contribution < 1.29 is 0 Å². The van der Waals surface area contributed by atoms with E-state index in [0.29, 0.717) is 6.04 Å². The molecule has 2 rings (SSSR count). The molecule has 0 saturated heterocycles. The Morgan fingerprint density at radius 2 is 2.00 bits per heavy atom. The maximum absolute atomic E-state index is 5.78. The third-order valence-corrected chi connectivity index (χ3v) is 3.87. The Kier molecular flexibility index (Phi) is 3.93. The van der Waals surface area contributed by atoms with Crippen molar-refractivity contribution in [3.8, 4) is 0 Å². The number of nitrogen functional groups attached to an aromatic ring is 1. The van der Waals surface area contributed by atoms with Crippen molar-refractivity contribution in [1.82, 2.24) is 0 Å². The molecule has 1 aromatic rings. The largest absolute Gasteiger partial charge is 0.399 e. The van der Waals surface area contributed by atoms with Gasteiger partial charge in [0.2, 0.25) is 0 Å². The minimum Gasteiger partial charge on any atom is -0.399 e. The van der Waals surface area contributed by atoms with Crippen molar-refractivity contribution in [2.24, 2.45) is 5.92 Å². The number of rotatable bonds is 2. The second kappa shape index (κ2) is 5.44. The van der Waals surface area contributed by atoms with Gasteiger partial charge in [0.1, 0.15) is 0 Å². The minimum atomic E-state index is 0.641. The molecule has 1 aliphatic carbocycles. The Morgan fingerprint density at radius 1 is 1.18 bits per heavy atom. The zero-order valence-corrected chi connectivity index (χ0v) is 11.0. The Hall–Kier alpha value is -1.18. The predicted octanol–water partition coefficient (Wildman–Crippen LogP) is 3.96. The SMILES string of the molecule is Cc1cc(N)ccc1NC1CCCC(C)CC1. The molecule has 1 aromatic carbocycles. The van der Waals surface area contributed by atoms with Gasteiger partial charge in [-0.25, -0.2) is 0 Å². The summed E-state index contributed by atoms with van der Waals surface area (Å²) in [5, 5.41) is 3.68. The van der Waals surface area contributed by atoms with Gasteiger partial charge in [0.25, 0.3) is 0 Å². The summed E-state index contributed by atoms with van der Waals surface area (Å²) in [5.74, 6) is 0.898. The first-order valence-electron chi connectivity index (χ1n) is 6.78. The van der Waals surface area contributed by atoms with Crippen LogP contribution in [0.15, 0.2) is 18.2 Å². The summed E-state index contributed by atoms with van der Waals surface area (Å²) in [6, 6.07) is 6.78. The molecule has 0 bridgehead atoms. The highest BCUT2D eigenvalue weighted by atomic mass is 14.9. The zero-order valence-electron chi connectivity index (χ0n) is 11.0. The molecule has 3 N–H and O–H groups in total. The predicted molar refractivity (Wildman–Crippen MR) is 75.3 cm³/mol. The summed E-state index contributed by atoms with van der Waals surface area (Å²) in [5.41, 5.74) is 9.13. The van der Waals surface area contributed by atoms with Crippen LogP contribution in [0.1, 0.15) is 44.6 Å². The Labute approximate surface area is 105 Å².